The van der Waals surface area contributed by atoms with Gasteiger partial charge in [-0.3, -0.25) is 25.0 Å². The van der Waals surface area contributed by atoms with Crippen molar-refractivity contribution < 1.29 is 19.4 Å². The number of carbonyl (C=O) groups is 1. The average molecular weight is 280 g/mol. The SMILES string of the molecule is COc1ccc(NC(=O)CC#N)c([N+](=O)[O-])c1[N+](=O)[O-]. The van der Waals surface area contributed by atoms with Crippen molar-refractivity contribution in [3.63, 3.8) is 0 Å². The topological polar surface area (TPSA) is 148 Å². The number of benzene rings is 1. The fourth-order valence-corrected chi connectivity index (χ4v) is 1.45. The molecule has 1 aromatic carbocycles. The summed E-state index contributed by atoms with van der Waals surface area (Å²) < 4.78 is 4.69. The molecule has 10 nitrogen and oxygen atoms in total. The summed E-state index contributed by atoms with van der Waals surface area (Å²) in [6, 6.07) is 3.77. The molecule has 104 valence electrons. The number of nitrogens with zero attached hydrogens (tertiary/aromatic N) is 3. The molecule has 20 heavy (non-hydrogen) atoms. The maximum atomic E-state index is 11.3. The Labute approximate surface area is 111 Å². The largest absolute Gasteiger partial charge is 0.490 e. The summed E-state index contributed by atoms with van der Waals surface area (Å²) in [4.78, 5) is 31.2. The lowest BCUT2D eigenvalue weighted by Crippen LogP contribution is -2.12. The van der Waals surface area contributed by atoms with E-state index in [9.17, 15) is 25.0 Å². The second-order valence-corrected chi connectivity index (χ2v) is 3.41. The third kappa shape index (κ3) is 2.96. The summed E-state index contributed by atoms with van der Waals surface area (Å²) in [7, 11) is 1.12. The average Bonchev–Trinajstić information content (AvgIpc) is 2.37. The fourth-order valence-electron chi connectivity index (χ4n) is 1.45. The van der Waals surface area contributed by atoms with E-state index in [0.717, 1.165) is 19.2 Å². The van der Waals surface area contributed by atoms with E-state index < -0.39 is 33.5 Å². The number of nitriles is 1. The highest BCUT2D eigenvalue weighted by Gasteiger charge is 2.34. The van der Waals surface area contributed by atoms with Gasteiger partial charge in [-0.15, -0.1) is 0 Å². The minimum absolute atomic E-state index is 0.306. The van der Waals surface area contributed by atoms with Crippen LogP contribution in [0, 0.1) is 31.6 Å². The molecule has 0 saturated carbocycles. The van der Waals surface area contributed by atoms with E-state index in [4.69, 9.17) is 10.00 Å². The first kappa shape index (κ1) is 14.8. The lowest BCUT2D eigenvalue weighted by Gasteiger charge is -2.07. The monoisotopic (exact) mass is 280 g/mol. The van der Waals surface area contributed by atoms with Crippen molar-refractivity contribution in [2.75, 3.05) is 12.4 Å². The number of nitro benzene ring substituents is 2. The van der Waals surface area contributed by atoms with Gasteiger partial charge in [0, 0.05) is 0 Å². The quantitative estimate of drug-likeness (QED) is 0.632. The van der Waals surface area contributed by atoms with E-state index >= 15 is 0 Å². The molecule has 0 spiro atoms. The van der Waals surface area contributed by atoms with Crippen molar-refractivity contribution in [2.24, 2.45) is 0 Å². The standard InChI is InChI=1S/C10H8N4O6/c1-20-7-3-2-6(12-8(15)4-5-11)9(13(16)17)10(7)14(18)19/h2-3H,4H2,1H3,(H,12,15). The maximum absolute atomic E-state index is 11.3. The van der Waals surface area contributed by atoms with Gasteiger partial charge in [0.25, 0.3) is 0 Å². The van der Waals surface area contributed by atoms with Gasteiger partial charge in [0.15, 0.2) is 0 Å². The summed E-state index contributed by atoms with van der Waals surface area (Å²) in [5, 5.41) is 32.3. The Kier molecular flexibility index (Phi) is 4.52. The number of hydrogen-bond donors (Lipinski definition) is 1. The molecule has 0 fully saturated rings. The number of nitrogens with one attached hydrogen (secondary N) is 1. The van der Waals surface area contributed by atoms with E-state index in [-0.39, 0.29) is 11.4 Å². The van der Waals surface area contributed by atoms with E-state index in [2.05, 4.69) is 5.32 Å². The number of carbonyl (C=O) groups excluding carboxylic acids is 1. The molecular weight excluding hydrogens is 272 g/mol. The van der Waals surface area contributed by atoms with Gasteiger partial charge in [0.1, 0.15) is 12.1 Å². The second kappa shape index (κ2) is 6.10. The zero-order valence-electron chi connectivity index (χ0n) is 10.2. The Morgan fingerprint density at radius 1 is 1.35 bits per heavy atom. The van der Waals surface area contributed by atoms with Crippen LogP contribution in [0.1, 0.15) is 6.42 Å². The minimum atomic E-state index is -0.997. The molecular formula is C10H8N4O6. The molecule has 10 heteroatoms. The third-order valence-electron chi connectivity index (χ3n) is 2.21. The van der Waals surface area contributed by atoms with E-state index in [0.29, 0.717) is 0 Å². The predicted octanol–water partition coefficient (Wildman–Crippen LogP) is 1.36. The van der Waals surface area contributed by atoms with Gasteiger partial charge < -0.3 is 10.1 Å². The summed E-state index contributed by atoms with van der Waals surface area (Å²) >= 11 is 0. The molecule has 0 radical (unpaired) electrons. The lowest BCUT2D eigenvalue weighted by molar-refractivity contribution is -0.422. The molecule has 1 aromatic rings. The molecule has 0 atom stereocenters. The Hall–Kier alpha value is -3.22. The lowest BCUT2D eigenvalue weighted by atomic mass is 10.2. The van der Waals surface area contributed by atoms with Gasteiger partial charge in [0.2, 0.25) is 11.7 Å². The summed E-state index contributed by atoms with van der Waals surface area (Å²) in [5.41, 5.74) is -2.14. The molecule has 0 aliphatic heterocycles. The summed E-state index contributed by atoms with van der Waals surface area (Å²) in [6.07, 6.45) is -0.531. The van der Waals surface area contributed by atoms with Crippen LogP contribution in [0.5, 0.6) is 5.75 Å². The van der Waals surface area contributed by atoms with Crippen LogP contribution in [0.25, 0.3) is 0 Å². The van der Waals surface area contributed by atoms with E-state index in [1.807, 2.05) is 0 Å². The zero-order valence-corrected chi connectivity index (χ0v) is 10.2. The van der Waals surface area contributed by atoms with Crippen molar-refractivity contribution >= 4 is 23.0 Å². The molecule has 1 N–H and O–H groups in total. The van der Waals surface area contributed by atoms with Crippen molar-refractivity contribution in [1.82, 2.24) is 0 Å². The van der Waals surface area contributed by atoms with Gasteiger partial charge >= 0.3 is 11.4 Å². The van der Waals surface area contributed by atoms with Crippen LogP contribution in [0.4, 0.5) is 17.1 Å². The Morgan fingerprint density at radius 2 is 1.95 bits per heavy atom. The number of ether oxygens (including phenoxy) is 1. The van der Waals surface area contributed by atoms with Crippen LogP contribution < -0.4 is 10.1 Å². The van der Waals surface area contributed by atoms with Gasteiger partial charge in [-0.2, -0.15) is 5.26 Å². The number of hydrogen-bond acceptors (Lipinski definition) is 7. The van der Waals surface area contributed by atoms with Crippen molar-refractivity contribution in [3.05, 3.63) is 32.4 Å². The van der Waals surface area contributed by atoms with E-state index in [1.165, 1.54) is 0 Å². The van der Waals surface area contributed by atoms with Crippen molar-refractivity contribution in [3.8, 4) is 11.8 Å². The fraction of sp³-hybridized carbons (Fsp3) is 0.200. The van der Waals surface area contributed by atoms with Crippen LogP contribution in [-0.2, 0) is 4.79 Å². The molecule has 0 aliphatic carbocycles. The molecule has 0 aliphatic rings. The zero-order chi connectivity index (χ0) is 15.3. The van der Waals surface area contributed by atoms with Crippen molar-refractivity contribution in [2.45, 2.75) is 6.42 Å². The first-order valence-electron chi connectivity index (χ1n) is 5.09. The number of nitro groups is 2. The maximum Gasteiger partial charge on any atom is 0.389 e. The third-order valence-corrected chi connectivity index (χ3v) is 2.21. The van der Waals surface area contributed by atoms with Gasteiger partial charge in [0.05, 0.1) is 23.0 Å². The first-order valence-corrected chi connectivity index (χ1v) is 5.09. The molecule has 0 bridgehead atoms. The van der Waals surface area contributed by atoms with Crippen molar-refractivity contribution in [1.29, 1.82) is 5.26 Å². The molecule has 1 amide bonds. The van der Waals surface area contributed by atoms with Gasteiger partial charge in [-0.1, -0.05) is 0 Å². The highest BCUT2D eigenvalue weighted by Crippen LogP contribution is 2.41. The summed E-state index contributed by atoms with van der Waals surface area (Å²) in [6.45, 7) is 0. The summed E-state index contributed by atoms with van der Waals surface area (Å²) in [5.74, 6) is -1.12. The van der Waals surface area contributed by atoms with Crippen LogP contribution in [-0.4, -0.2) is 22.9 Å². The predicted molar refractivity (Wildman–Crippen MR) is 65.2 cm³/mol. The molecule has 0 saturated heterocycles. The number of amides is 1. The van der Waals surface area contributed by atoms with E-state index in [1.54, 1.807) is 6.07 Å². The van der Waals surface area contributed by atoms with Crippen LogP contribution in [0.2, 0.25) is 0 Å². The van der Waals surface area contributed by atoms with Gasteiger partial charge in [-0.05, 0) is 12.1 Å². The number of anilines is 1. The molecule has 0 unspecified atom stereocenters. The highest BCUT2D eigenvalue weighted by atomic mass is 16.6. The smallest absolute Gasteiger partial charge is 0.389 e. The molecule has 0 heterocycles. The molecule has 1 rings (SSSR count). The highest BCUT2D eigenvalue weighted by molar-refractivity contribution is 5.96. The first-order chi connectivity index (χ1) is 9.42. The number of methoxy groups -OCH3 is 1. The second-order valence-electron chi connectivity index (χ2n) is 3.41. The number of rotatable bonds is 5. The Bertz CT molecular complexity index is 621. The Balaban J connectivity index is 3.43. The van der Waals surface area contributed by atoms with Gasteiger partial charge in [-0.25, -0.2) is 0 Å². The Morgan fingerprint density at radius 3 is 2.40 bits per heavy atom. The normalized spacial score (nSPS) is 9.40. The van der Waals surface area contributed by atoms with Crippen LogP contribution in [0.3, 0.4) is 0 Å². The minimum Gasteiger partial charge on any atom is -0.490 e. The van der Waals surface area contributed by atoms with Crippen LogP contribution >= 0.6 is 0 Å². The molecule has 0 aromatic heterocycles. The van der Waals surface area contributed by atoms with Crippen LogP contribution in [0.15, 0.2) is 12.1 Å².